The van der Waals surface area contributed by atoms with Crippen molar-refractivity contribution >= 4 is 5.78 Å². The smallest absolute Gasteiger partial charge is 0.143 e. The third kappa shape index (κ3) is 1.08. The van der Waals surface area contributed by atoms with Crippen molar-refractivity contribution in [3.05, 3.63) is 0 Å². The number of carbonyl (C=O) groups is 1. The molecule has 2 aliphatic rings. The number of likely N-dealkylation sites (tertiary alicyclic amines) is 1. The summed E-state index contributed by atoms with van der Waals surface area (Å²) in [6, 6.07) is 0. The van der Waals surface area contributed by atoms with E-state index in [1.807, 2.05) is 0 Å². The summed E-state index contributed by atoms with van der Waals surface area (Å²) in [7, 11) is 0. The van der Waals surface area contributed by atoms with Gasteiger partial charge >= 0.3 is 0 Å². The van der Waals surface area contributed by atoms with E-state index in [0.29, 0.717) is 6.54 Å². The van der Waals surface area contributed by atoms with E-state index in [-0.39, 0.29) is 17.4 Å². The van der Waals surface area contributed by atoms with Crippen LogP contribution in [0.5, 0.6) is 0 Å². The Hall–Kier alpha value is -0.410. The highest BCUT2D eigenvalue weighted by molar-refractivity contribution is 5.77. The zero-order valence-electron chi connectivity index (χ0n) is 7.42. The molecule has 1 spiro atoms. The average Bonchev–Trinajstić information content (AvgIpc) is 2.42. The molecule has 0 amide bonds. The minimum Gasteiger partial charge on any atom is -0.391 e. The van der Waals surface area contributed by atoms with Crippen LogP contribution in [0.1, 0.15) is 26.2 Å². The highest BCUT2D eigenvalue weighted by Gasteiger charge is 2.59. The molecule has 0 aromatic heterocycles. The summed E-state index contributed by atoms with van der Waals surface area (Å²) in [4.78, 5) is 13.1. The van der Waals surface area contributed by atoms with Gasteiger partial charge in [0, 0.05) is 5.54 Å². The molecule has 68 valence electrons. The number of rotatable bonds is 2. The second kappa shape index (κ2) is 2.54. The van der Waals surface area contributed by atoms with E-state index < -0.39 is 0 Å². The molecule has 1 saturated carbocycles. The molecule has 0 aromatic carbocycles. The maximum atomic E-state index is 10.9. The summed E-state index contributed by atoms with van der Waals surface area (Å²) in [5.41, 5.74) is 0.0195. The lowest BCUT2D eigenvalue weighted by molar-refractivity contribution is -0.118. The van der Waals surface area contributed by atoms with E-state index >= 15 is 0 Å². The van der Waals surface area contributed by atoms with Crippen molar-refractivity contribution < 1.29 is 9.90 Å². The number of aliphatic hydroxyl groups excluding tert-OH is 1. The van der Waals surface area contributed by atoms with Gasteiger partial charge in [0.05, 0.1) is 12.6 Å². The zero-order chi connectivity index (χ0) is 8.77. The fourth-order valence-electron chi connectivity index (χ4n) is 2.35. The number of ketones is 1. The van der Waals surface area contributed by atoms with Crippen molar-refractivity contribution in [2.75, 3.05) is 13.1 Å². The molecule has 1 aliphatic heterocycles. The molecule has 1 N–H and O–H groups in total. The molecule has 1 unspecified atom stereocenters. The van der Waals surface area contributed by atoms with Crippen molar-refractivity contribution in [3.63, 3.8) is 0 Å². The van der Waals surface area contributed by atoms with Gasteiger partial charge < -0.3 is 5.11 Å². The second-order valence-corrected chi connectivity index (χ2v) is 4.05. The van der Waals surface area contributed by atoms with Gasteiger partial charge in [-0.05, 0) is 32.7 Å². The summed E-state index contributed by atoms with van der Waals surface area (Å²) >= 11 is 0. The predicted octanol–water partition coefficient (Wildman–Crippen LogP) is 0.175. The summed E-state index contributed by atoms with van der Waals surface area (Å²) in [5, 5.41) is 9.45. The molecule has 1 saturated heterocycles. The van der Waals surface area contributed by atoms with Crippen molar-refractivity contribution in [2.45, 2.75) is 37.8 Å². The van der Waals surface area contributed by atoms with Gasteiger partial charge in [0.2, 0.25) is 0 Å². The van der Waals surface area contributed by atoms with E-state index in [9.17, 15) is 9.90 Å². The van der Waals surface area contributed by atoms with E-state index in [4.69, 9.17) is 0 Å². The van der Waals surface area contributed by atoms with Crippen LogP contribution >= 0.6 is 0 Å². The highest BCUT2D eigenvalue weighted by Crippen LogP contribution is 2.49. The molecular formula is C9H15NO2. The Morgan fingerprint density at radius 3 is 2.92 bits per heavy atom. The van der Waals surface area contributed by atoms with Crippen LogP contribution in [0.2, 0.25) is 0 Å². The zero-order valence-corrected chi connectivity index (χ0v) is 7.42. The molecule has 1 heterocycles. The fraction of sp³-hybridized carbons (Fsp3) is 0.889. The number of nitrogens with zero attached hydrogens (tertiary/aromatic N) is 1. The van der Waals surface area contributed by atoms with Crippen LogP contribution in [0.25, 0.3) is 0 Å². The van der Waals surface area contributed by atoms with Crippen molar-refractivity contribution in [1.82, 2.24) is 4.90 Å². The van der Waals surface area contributed by atoms with Crippen LogP contribution in [-0.4, -0.2) is 40.5 Å². The molecule has 12 heavy (non-hydrogen) atoms. The lowest BCUT2D eigenvalue weighted by Gasteiger charge is -2.22. The average molecular weight is 169 g/mol. The highest BCUT2D eigenvalue weighted by atomic mass is 16.3. The summed E-state index contributed by atoms with van der Waals surface area (Å²) in [6.45, 7) is 3.12. The van der Waals surface area contributed by atoms with Crippen molar-refractivity contribution in [2.24, 2.45) is 0 Å². The third-order valence-corrected chi connectivity index (χ3v) is 3.09. The second-order valence-electron chi connectivity index (χ2n) is 4.05. The van der Waals surface area contributed by atoms with Gasteiger partial charge in [-0.1, -0.05) is 0 Å². The molecule has 3 heteroatoms. The first-order valence-electron chi connectivity index (χ1n) is 4.58. The van der Waals surface area contributed by atoms with E-state index in [1.165, 1.54) is 0 Å². The Balaban J connectivity index is 2.01. The maximum Gasteiger partial charge on any atom is 0.143 e. The van der Waals surface area contributed by atoms with E-state index in [1.54, 1.807) is 6.92 Å². The largest absolute Gasteiger partial charge is 0.391 e. The molecule has 2 rings (SSSR count). The Morgan fingerprint density at radius 1 is 1.75 bits per heavy atom. The molecule has 2 atom stereocenters. The number of Topliss-reactive ketones (excluding diaryl/α,β-unsaturated/α-hetero) is 1. The van der Waals surface area contributed by atoms with Gasteiger partial charge in [-0.25, -0.2) is 0 Å². The number of aliphatic hydroxyl groups is 1. The van der Waals surface area contributed by atoms with Crippen LogP contribution in [0.3, 0.4) is 0 Å². The first-order chi connectivity index (χ1) is 5.65. The van der Waals surface area contributed by atoms with Crippen LogP contribution in [-0.2, 0) is 4.79 Å². The first kappa shape index (κ1) is 8.20. The van der Waals surface area contributed by atoms with Gasteiger partial charge in [0.15, 0.2) is 0 Å². The first-order valence-corrected chi connectivity index (χ1v) is 4.58. The van der Waals surface area contributed by atoms with Crippen molar-refractivity contribution in [3.8, 4) is 0 Å². The maximum absolute atomic E-state index is 10.9. The molecule has 2 fully saturated rings. The minimum atomic E-state index is -0.167. The summed E-state index contributed by atoms with van der Waals surface area (Å²) < 4.78 is 0. The number of hydrogen-bond acceptors (Lipinski definition) is 3. The third-order valence-electron chi connectivity index (χ3n) is 3.09. The quantitative estimate of drug-likeness (QED) is 0.641. The Labute approximate surface area is 72.4 Å². The molecule has 1 aliphatic carbocycles. The number of hydrogen-bond donors (Lipinski definition) is 1. The lowest BCUT2D eigenvalue weighted by Crippen LogP contribution is -2.37. The van der Waals surface area contributed by atoms with Crippen LogP contribution in [0.4, 0.5) is 0 Å². The van der Waals surface area contributed by atoms with Gasteiger partial charge in [0.1, 0.15) is 5.78 Å². The predicted molar refractivity (Wildman–Crippen MR) is 44.8 cm³/mol. The Bertz CT molecular complexity index is 217. The van der Waals surface area contributed by atoms with Gasteiger partial charge in [-0.2, -0.15) is 0 Å². The molecular weight excluding hydrogens is 154 g/mol. The molecule has 3 nitrogen and oxygen atoms in total. The van der Waals surface area contributed by atoms with Crippen LogP contribution in [0.15, 0.2) is 0 Å². The van der Waals surface area contributed by atoms with Gasteiger partial charge in [0.25, 0.3) is 0 Å². The molecule has 0 bridgehead atoms. The SMILES string of the molecule is CC(=O)CN1CCCC12C[C@@H]2O. The normalized spacial score (nSPS) is 40.7. The minimum absolute atomic E-state index is 0.0195. The van der Waals surface area contributed by atoms with Gasteiger partial charge in [-0.3, -0.25) is 9.69 Å². The topological polar surface area (TPSA) is 40.5 Å². The monoisotopic (exact) mass is 169 g/mol. The van der Waals surface area contributed by atoms with Gasteiger partial charge in [-0.15, -0.1) is 0 Å². The van der Waals surface area contributed by atoms with E-state index in [2.05, 4.69) is 4.90 Å². The Kier molecular flexibility index (Phi) is 1.73. The molecule has 0 radical (unpaired) electrons. The summed E-state index contributed by atoms with van der Waals surface area (Å²) in [5.74, 6) is 0.204. The van der Waals surface area contributed by atoms with Crippen LogP contribution in [0, 0.1) is 0 Å². The van der Waals surface area contributed by atoms with Crippen LogP contribution < -0.4 is 0 Å². The van der Waals surface area contributed by atoms with Crippen molar-refractivity contribution in [1.29, 1.82) is 0 Å². The fourth-order valence-corrected chi connectivity index (χ4v) is 2.35. The van der Waals surface area contributed by atoms with E-state index in [0.717, 1.165) is 25.8 Å². The standard InChI is InChI=1S/C9H15NO2/c1-7(11)6-10-4-2-3-9(10)5-8(9)12/h8,12H,2-6H2,1H3/t8-,9?/m0/s1. The molecule has 0 aromatic rings. The lowest BCUT2D eigenvalue weighted by atomic mass is 10.2. The summed E-state index contributed by atoms with van der Waals surface area (Å²) in [6.07, 6.45) is 2.91. The Morgan fingerprint density at radius 2 is 2.42 bits per heavy atom. The number of carbonyl (C=O) groups excluding carboxylic acids is 1.